The van der Waals surface area contributed by atoms with Crippen LogP contribution in [0.5, 0.6) is 0 Å². The zero-order valence-electron chi connectivity index (χ0n) is 22.8. The summed E-state index contributed by atoms with van der Waals surface area (Å²) in [5, 5.41) is 12.0. The van der Waals surface area contributed by atoms with Crippen molar-refractivity contribution < 1.29 is 18.3 Å². The number of rotatable bonds is 9. The van der Waals surface area contributed by atoms with Crippen LogP contribution >= 0.6 is 22.1 Å². The van der Waals surface area contributed by atoms with Gasteiger partial charge in [0.15, 0.2) is 12.2 Å². The molecule has 0 aliphatic carbocycles. The molecular weight excluding hydrogens is 587 g/mol. The molecular formula is C30H25N7O4S2. The highest BCUT2D eigenvalue weighted by Gasteiger charge is 2.24. The highest BCUT2D eigenvalue weighted by Crippen LogP contribution is 2.52. The van der Waals surface area contributed by atoms with Gasteiger partial charge >= 0.3 is 0 Å². The summed E-state index contributed by atoms with van der Waals surface area (Å²) in [5.41, 5.74) is 3.30. The summed E-state index contributed by atoms with van der Waals surface area (Å²) in [6.45, 7) is 0.515. The van der Waals surface area contributed by atoms with Crippen molar-refractivity contribution in [1.29, 1.82) is 5.26 Å². The molecule has 3 N–H and O–H groups in total. The summed E-state index contributed by atoms with van der Waals surface area (Å²) in [6, 6.07) is 20.9. The van der Waals surface area contributed by atoms with E-state index in [0.717, 1.165) is 16.0 Å². The lowest BCUT2D eigenvalue weighted by Crippen LogP contribution is -2.22. The van der Waals surface area contributed by atoms with Gasteiger partial charge in [-0.3, -0.25) is 28.5 Å². The molecule has 0 aliphatic rings. The topological polar surface area (TPSA) is 153 Å². The summed E-state index contributed by atoms with van der Waals surface area (Å²) in [5.74, 6) is 0.620. The highest BCUT2D eigenvalue weighted by molar-refractivity contribution is 8.25. The van der Waals surface area contributed by atoms with E-state index in [1.807, 2.05) is 28.8 Å². The van der Waals surface area contributed by atoms with Crippen LogP contribution in [0.2, 0.25) is 0 Å². The van der Waals surface area contributed by atoms with Gasteiger partial charge in [-0.25, -0.2) is 9.97 Å². The lowest BCUT2D eigenvalue weighted by atomic mass is 10.2. The molecule has 0 radical (unpaired) electrons. The van der Waals surface area contributed by atoms with Gasteiger partial charge in [-0.05, 0) is 72.6 Å². The van der Waals surface area contributed by atoms with E-state index in [1.54, 1.807) is 62.0 Å². The Kier molecular flexibility index (Phi) is 7.66. The van der Waals surface area contributed by atoms with Crippen LogP contribution in [0.4, 0.5) is 11.6 Å². The number of benzene rings is 2. The molecule has 2 aromatic carbocycles. The molecule has 6 rings (SSSR count). The Morgan fingerprint density at radius 2 is 1.95 bits per heavy atom. The van der Waals surface area contributed by atoms with Crippen molar-refractivity contribution in [2.75, 3.05) is 16.7 Å². The number of pyridine rings is 1. The second-order valence-electron chi connectivity index (χ2n) is 9.51. The van der Waals surface area contributed by atoms with Gasteiger partial charge < -0.3 is 8.98 Å². The third kappa shape index (κ3) is 5.72. The van der Waals surface area contributed by atoms with E-state index in [4.69, 9.17) is 14.7 Å². The van der Waals surface area contributed by atoms with Crippen molar-refractivity contribution >= 4 is 50.7 Å². The number of anilines is 2. The fourth-order valence-corrected chi connectivity index (χ4v) is 6.61. The Hall–Kier alpha value is -5.00. The fraction of sp³-hybridized carbons (Fsp3) is 0.100. The summed E-state index contributed by atoms with van der Waals surface area (Å²) in [7, 11) is -1.82. The maximum atomic E-state index is 13.3. The lowest BCUT2D eigenvalue weighted by Gasteiger charge is -2.41. The summed E-state index contributed by atoms with van der Waals surface area (Å²) in [4.78, 5) is 27.7. The summed E-state index contributed by atoms with van der Waals surface area (Å²) >= 11 is 1.28. The molecule has 43 heavy (non-hydrogen) atoms. The van der Waals surface area contributed by atoms with E-state index in [2.05, 4.69) is 15.3 Å². The Morgan fingerprint density at radius 3 is 2.67 bits per heavy atom. The molecule has 0 aliphatic heterocycles. The number of hydrogen-bond donors (Lipinski definition) is 3. The number of hydrogen-bond acceptors (Lipinski definition) is 10. The number of nitrogens with one attached hydrogen (secondary N) is 1. The lowest BCUT2D eigenvalue weighted by molar-refractivity contribution is 0.102. The number of oxazole rings is 1. The van der Waals surface area contributed by atoms with Crippen LogP contribution in [0, 0.1) is 11.3 Å². The van der Waals surface area contributed by atoms with Gasteiger partial charge in [-0.1, -0.05) is 16.8 Å². The van der Waals surface area contributed by atoms with Crippen LogP contribution in [0.15, 0.2) is 101 Å². The number of nitriles is 1. The van der Waals surface area contributed by atoms with Gasteiger partial charge in [0, 0.05) is 26.0 Å². The Balaban J connectivity index is 1.32. The molecule has 0 saturated heterocycles. The Bertz CT molecular complexity index is 1930. The van der Waals surface area contributed by atoms with Crippen LogP contribution in [0.25, 0.3) is 21.7 Å². The van der Waals surface area contributed by atoms with Crippen LogP contribution in [-0.2, 0) is 13.0 Å². The molecule has 0 atom stereocenters. The fourth-order valence-electron chi connectivity index (χ4n) is 4.53. The Labute approximate surface area is 252 Å². The van der Waals surface area contributed by atoms with E-state index in [0.29, 0.717) is 46.3 Å². The largest absolute Gasteiger partial charge is 0.443 e. The van der Waals surface area contributed by atoms with Crippen molar-refractivity contribution in [3.05, 3.63) is 108 Å². The van der Waals surface area contributed by atoms with Gasteiger partial charge in [-0.2, -0.15) is 5.26 Å². The van der Waals surface area contributed by atoms with Crippen molar-refractivity contribution in [3.8, 4) is 16.7 Å². The number of carbonyl (C=O) groups is 1. The van der Waals surface area contributed by atoms with E-state index >= 15 is 0 Å². The van der Waals surface area contributed by atoms with E-state index < -0.39 is 10.8 Å². The normalized spacial score (nSPS) is 11.8. The second kappa shape index (κ2) is 11.7. The molecule has 0 saturated carbocycles. The average molecular weight is 612 g/mol. The van der Waals surface area contributed by atoms with Gasteiger partial charge in [0.05, 0.1) is 49.2 Å². The first kappa shape index (κ1) is 28.1. The zero-order chi connectivity index (χ0) is 30.0. The monoisotopic (exact) mass is 611 g/mol. The number of thiophene rings is 1. The standard InChI is InChI=1S/C30H25N7O4S2/c1-36(43(39,40)23-7-4-20(16-31)5-8-23)22-6-9-25-24(15-22)34-30(37(25)14-12-21-3-2-13-32-17-21)35-29(38)28-11-10-27(42-28)26-18-33-19-41-26/h2-11,13,15,17-19,39-40H,12,14H2,1H3,(H,34,35,38). The molecule has 1 amide bonds. The van der Waals surface area contributed by atoms with Gasteiger partial charge in [0.1, 0.15) is 0 Å². The minimum absolute atomic E-state index is 0.282. The number of nitrogens with zero attached hydrogens (tertiary/aromatic N) is 6. The number of aryl methyl sites for hydroxylation is 2. The third-order valence-corrected chi connectivity index (χ3v) is 9.83. The third-order valence-electron chi connectivity index (χ3n) is 6.85. The van der Waals surface area contributed by atoms with Crippen LogP contribution < -0.4 is 9.62 Å². The molecule has 4 heterocycles. The zero-order valence-corrected chi connectivity index (χ0v) is 24.4. The minimum Gasteiger partial charge on any atom is -0.443 e. The molecule has 0 bridgehead atoms. The highest BCUT2D eigenvalue weighted by atomic mass is 32.3. The van der Waals surface area contributed by atoms with Crippen LogP contribution in [0.1, 0.15) is 20.8 Å². The second-order valence-corrected chi connectivity index (χ2v) is 12.6. The molecule has 11 nitrogen and oxygen atoms in total. The van der Waals surface area contributed by atoms with Crippen molar-refractivity contribution in [2.24, 2.45) is 0 Å². The first-order valence-electron chi connectivity index (χ1n) is 13.0. The average Bonchev–Trinajstić information content (AvgIpc) is 3.80. The molecule has 0 fully saturated rings. The number of imidazole rings is 1. The summed E-state index contributed by atoms with van der Waals surface area (Å²) < 4.78 is 30.9. The van der Waals surface area contributed by atoms with Crippen molar-refractivity contribution in [2.45, 2.75) is 17.9 Å². The molecule has 13 heteroatoms. The first-order chi connectivity index (χ1) is 20.8. The van der Waals surface area contributed by atoms with E-state index in [-0.39, 0.29) is 10.8 Å². The number of amides is 1. The SMILES string of the molecule is CN(c1ccc2c(c1)nc(NC(=O)c1ccc(-c3cnco3)s1)n2CCc1cccnc1)S(O)(O)c1ccc(C#N)cc1. The van der Waals surface area contributed by atoms with Crippen molar-refractivity contribution in [3.63, 3.8) is 0 Å². The quantitative estimate of drug-likeness (QED) is 0.163. The maximum Gasteiger partial charge on any atom is 0.268 e. The Morgan fingerprint density at radius 1 is 1.12 bits per heavy atom. The minimum atomic E-state index is -3.40. The molecule has 216 valence electrons. The first-order valence-corrected chi connectivity index (χ1v) is 15.4. The predicted octanol–water partition coefficient (Wildman–Crippen LogP) is 6.68. The van der Waals surface area contributed by atoms with Gasteiger partial charge in [0.25, 0.3) is 5.91 Å². The smallest absolute Gasteiger partial charge is 0.268 e. The van der Waals surface area contributed by atoms with Crippen LogP contribution in [-0.4, -0.2) is 41.6 Å². The molecule has 0 spiro atoms. The molecule has 0 unspecified atom stereocenters. The molecule has 6 aromatic rings. The number of fused-ring (bicyclic) bond motifs is 1. The van der Waals surface area contributed by atoms with E-state index in [1.165, 1.54) is 34.2 Å². The maximum absolute atomic E-state index is 13.3. The van der Waals surface area contributed by atoms with Crippen LogP contribution in [0.3, 0.4) is 0 Å². The predicted molar refractivity (Wildman–Crippen MR) is 166 cm³/mol. The molecule has 4 aromatic heterocycles. The summed E-state index contributed by atoms with van der Waals surface area (Å²) in [6.07, 6.45) is 7.11. The number of aromatic nitrogens is 4. The van der Waals surface area contributed by atoms with Gasteiger partial charge in [0.2, 0.25) is 5.95 Å². The van der Waals surface area contributed by atoms with Crippen molar-refractivity contribution in [1.82, 2.24) is 19.5 Å². The van der Waals surface area contributed by atoms with E-state index in [9.17, 15) is 13.9 Å². The van der Waals surface area contributed by atoms with Gasteiger partial charge in [-0.15, -0.1) is 11.3 Å². The number of carbonyl (C=O) groups excluding carboxylic acids is 1.